The average molecular weight is 296 g/mol. The second-order valence-corrected chi connectivity index (χ2v) is 6.92. The van der Waals surface area contributed by atoms with Crippen LogP contribution in [0.4, 0.5) is 5.69 Å². The van der Waals surface area contributed by atoms with Crippen molar-refractivity contribution < 1.29 is 8.42 Å². The molecule has 1 aromatic carbocycles. The monoisotopic (exact) mass is 296 g/mol. The Kier molecular flexibility index (Phi) is 4.03. The van der Waals surface area contributed by atoms with Gasteiger partial charge < -0.3 is 15.6 Å². The van der Waals surface area contributed by atoms with E-state index < -0.39 is 10.0 Å². The van der Waals surface area contributed by atoms with E-state index >= 15 is 0 Å². The van der Waals surface area contributed by atoms with Crippen LogP contribution in [0.5, 0.6) is 0 Å². The molecule has 110 valence electrons. The lowest BCUT2D eigenvalue weighted by Gasteiger charge is -2.18. The molecule has 2 rings (SSSR count). The fraction of sp³-hybridized carbons (Fsp3) is 0.385. The summed E-state index contributed by atoms with van der Waals surface area (Å²) in [6.45, 7) is 2.47. The fourth-order valence-corrected chi connectivity index (χ4v) is 3.67. The summed E-state index contributed by atoms with van der Waals surface area (Å²) in [5, 5.41) is 0.642. The van der Waals surface area contributed by atoms with Gasteiger partial charge in [0, 0.05) is 35.4 Å². The van der Waals surface area contributed by atoms with Gasteiger partial charge in [-0.1, -0.05) is 0 Å². The highest BCUT2D eigenvalue weighted by molar-refractivity contribution is 7.89. The molecule has 2 aromatic rings. The van der Waals surface area contributed by atoms with Gasteiger partial charge in [0.05, 0.1) is 0 Å². The van der Waals surface area contributed by atoms with Gasteiger partial charge in [-0.15, -0.1) is 0 Å². The number of nitrogens with zero attached hydrogens (tertiary/aromatic N) is 1. The smallest absolute Gasteiger partial charge is 0.242 e. The molecule has 0 fully saturated rings. The maximum absolute atomic E-state index is 12.4. The van der Waals surface area contributed by atoms with Crippen molar-refractivity contribution in [3.05, 3.63) is 24.4 Å². The number of fused-ring (bicyclic) bond motifs is 1. The van der Waals surface area contributed by atoms with E-state index in [9.17, 15) is 8.42 Å². The predicted octanol–water partition coefficient (Wildman–Crippen LogP) is 0.979. The van der Waals surface area contributed by atoms with Crippen LogP contribution >= 0.6 is 0 Å². The third-order valence-corrected chi connectivity index (χ3v) is 4.58. The Morgan fingerprint density at radius 2 is 2.10 bits per heavy atom. The van der Waals surface area contributed by atoms with E-state index in [2.05, 4.69) is 9.71 Å². The quantitative estimate of drug-likeness (QED) is 0.717. The van der Waals surface area contributed by atoms with Gasteiger partial charge in [-0.3, -0.25) is 0 Å². The number of nitrogens with one attached hydrogen (secondary N) is 2. The fourth-order valence-electron chi connectivity index (χ4n) is 2.25. The lowest BCUT2D eigenvalue weighted by atomic mass is 10.2. The second kappa shape index (κ2) is 5.43. The highest BCUT2D eigenvalue weighted by Gasteiger charge is 2.21. The molecule has 0 spiro atoms. The number of nitrogens with two attached hydrogens (primary N) is 1. The topological polar surface area (TPSA) is 91.2 Å². The first-order valence-electron chi connectivity index (χ1n) is 6.33. The van der Waals surface area contributed by atoms with E-state index in [1.165, 1.54) is 6.20 Å². The number of nitrogen functional groups attached to an aromatic ring is 1. The normalized spacial score (nSPS) is 14.0. The molecule has 0 radical (unpaired) electrons. The van der Waals surface area contributed by atoms with Crippen LogP contribution in [0.15, 0.2) is 29.3 Å². The number of sulfonamides is 1. The number of aromatic nitrogens is 1. The Morgan fingerprint density at radius 1 is 1.40 bits per heavy atom. The molecule has 0 bridgehead atoms. The third kappa shape index (κ3) is 3.12. The van der Waals surface area contributed by atoms with Crippen molar-refractivity contribution >= 4 is 26.6 Å². The number of likely N-dealkylation sites (N-methyl/N-ethyl adjacent to an activating group) is 1. The molecule has 7 heteroatoms. The first kappa shape index (κ1) is 14.8. The van der Waals surface area contributed by atoms with Gasteiger partial charge in [0.15, 0.2) is 0 Å². The molecule has 0 aliphatic carbocycles. The molecule has 4 N–H and O–H groups in total. The van der Waals surface area contributed by atoms with Crippen LogP contribution in [-0.2, 0) is 10.0 Å². The molecular weight excluding hydrogens is 276 g/mol. The van der Waals surface area contributed by atoms with Gasteiger partial charge in [-0.2, -0.15) is 0 Å². The first-order chi connectivity index (χ1) is 9.29. The summed E-state index contributed by atoms with van der Waals surface area (Å²) in [6.07, 6.45) is 1.49. The molecule has 0 aliphatic rings. The van der Waals surface area contributed by atoms with Gasteiger partial charge in [0.25, 0.3) is 0 Å². The largest absolute Gasteiger partial charge is 0.399 e. The standard InChI is InChI=1S/C13H20N4O2S/c1-9(8-17(2)3)16-20(18,19)13-7-15-12-6-10(14)4-5-11(12)13/h4-7,9,15-16H,8,14H2,1-3H3. The summed E-state index contributed by atoms with van der Waals surface area (Å²) in [5.74, 6) is 0. The minimum Gasteiger partial charge on any atom is -0.399 e. The highest BCUT2D eigenvalue weighted by Crippen LogP contribution is 2.24. The van der Waals surface area contributed by atoms with Crippen LogP contribution in [0.25, 0.3) is 10.9 Å². The van der Waals surface area contributed by atoms with E-state index in [4.69, 9.17) is 5.73 Å². The number of rotatable bonds is 5. The van der Waals surface area contributed by atoms with Crippen LogP contribution in [-0.4, -0.2) is 45.0 Å². The first-order valence-corrected chi connectivity index (χ1v) is 7.81. The van der Waals surface area contributed by atoms with Gasteiger partial charge in [0.1, 0.15) is 4.90 Å². The molecule has 0 saturated heterocycles. The van der Waals surface area contributed by atoms with Crippen molar-refractivity contribution in [2.24, 2.45) is 0 Å². The lowest BCUT2D eigenvalue weighted by Crippen LogP contribution is -2.39. The van der Waals surface area contributed by atoms with Crippen molar-refractivity contribution in [1.82, 2.24) is 14.6 Å². The Labute approximate surface area is 119 Å². The zero-order valence-electron chi connectivity index (χ0n) is 11.8. The van der Waals surface area contributed by atoms with Crippen molar-refractivity contribution in [1.29, 1.82) is 0 Å². The third-order valence-electron chi connectivity index (χ3n) is 2.95. The van der Waals surface area contributed by atoms with Crippen molar-refractivity contribution in [2.75, 3.05) is 26.4 Å². The molecule has 1 aromatic heterocycles. The van der Waals surface area contributed by atoms with Crippen molar-refractivity contribution in [3.63, 3.8) is 0 Å². The van der Waals surface area contributed by atoms with E-state index in [1.807, 2.05) is 25.9 Å². The minimum absolute atomic E-state index is 0.172. The molecule has 0 aliphatic heterocycles. The molecule has 1 heterocycles. The van der Waals surface area contributed by atoms with Crippen LogP contribution in [0.2, 0.25) is 0 Å². The van der Waals surface area contributed by atoms with Gasteiger partial charge in [-0.05, 0) is 39.2 Å². The van der Waals surface area contributed by atoms with Crippen LogP contribution < -0.4 is 10.5 Å². The van der Waals surface area contributed by atoms with Crippen LogP contribution in [0.3, 0.4) is 0 Å². The molecule has 0 saturated carbocycles. The summed E-state index contributed by atoms with van der Waals surface area (Å²) in [7, 11) is 0.254. The van der Waals surface area contributed by atoms with Crippen LogP contribution in [0, 0.1) is 0 Å². The average Bonchev–Trinajstić information content (AvgIpc) is 2.70. The number of anilines is 1. The Hall–Kier alpha value is -1.57. The number of hydrogen-bond donors (Lipinski definition) is 3. The molecule has 1 atom stereocenters. The number of H-pyrrole nitrogens is 1. The predicted molar refractivity (Wildman–Crippen MR) is 81.0 cm³/mol. The Bertz CT molecular complexity index is 706. The minimum atomic E-state index is -3.55. The number of benzene rings is 1. The number of aromatic amines is 1. The van der Waals surface area contributed by atoms with Crippen molar-refractivity contribution in [3.8, 4) is 0 Å². The molecular formula is C13H20N4O2S. The maximum atomic E-state index is 12.4. The lowest BCUT2D eigenvalue weighted by molar-refractivity contribution is 0.370. The molecule has 6 nitrogen and oxygen atoms in total. The maximum Gasteiger partial charge on any atom is 0.242 e. The highest BCUT2D eigenvalue weighted by atomic mass is 32.2. The summed E-state index contributed by atoms with van der Waals surface area (Å²) in [6, 6.07) is 4.95. The molecule has 20 heavy (non-hydrogen) atoms. The van der Waals surface area contributed by atoms with Crippen LogP contribution in [0.1, 0.15) is 6.92 Å². The Morgan fingerprint density at radius 3 is 2.75 bits per heavy atom. The second-order valence-electron chi connectivity index (χ2n) is 5.24. The summed E-state index contributed by atoms with van der Waals surface area (Å²) in [5.41, 5.74) is 7.00. The molecule has 0 amide bonds. The summed E-state index contributed by atoms with van der Waals surface area (Å²) in [4.78, 5) is 5.12. The summed E-state index contributed by atoms with van der Waals surface area (Å²) < 4.78 is 27.5. The van der Waals surface area contributed by atoms with Gasteiger partial charge in [0.2, 0.25) is 10.0 Å². The molecule has 1 unspecified atom stereocenters. The van der Waals surface area contributed by atoms with E-state index in [-0.39, 0.29) is 10.9 Å². The number of hydrogen-bond acceptors (Lipinski definition) is 4. The van der Waals surface area contributed by atoms with E-state index in [0.717, 1.165) is 0 Å². The van der Waals surface area contributed by atoms with Crippen molar-refractivity contribution in [2.45, 2.75) is 17.9 Å². The van der Waals surface area contributed by atoms with Gasteiger partial charge in [-0.25, -0.2) is 13.1 Å². The van der Waals surface area contributed by atoms with E-state index in [1.54, 1.807) is 18.2 Å². The summed E-state index contributed by atoms with van der Waals surface area (Å²) >= 11 is 0. The SMILES string of the molecule is CC(CN(C)C)NS(=O)(=O)c1c[nH]c2cc(N)ccc12. The zero-order valence-corrected chi connectivity index (χ0v) is 12.7. The van der Waals surface area contributed by atoms with Gasteiger partial charge >= 0.3 is 0 Å². The zero-order chi connectivity index (χ0) is 14.9. The Balaban J connectivity index is 2.32. The van der Waals surface area contributed by atoms with E-state index in [0.29, 0.717) is 23.1 Å².